The van der Waals surface area contributed by atoms with E-state index in [-0.39, 0.29) is 29.5 Å². The van der Waals surface area contributed by atoms with Crippen LogP contribution in [0.3, 0.4) is 0 Å². The smallest absolute Gasteiger partial charge is 0.263 e. The van der Waals surface area contributed by atoms with Gasteiger partial charge in [-0.05, 0) is 49.2 Å². The fraction of sp³-hybridized carbons (Fsp3) is 0.130. The zero-order valence-corrected chi connectivity index (χ0v) is 16.6. The summed E-state index contributed by atoms with van der Waals surface area (Å²) in [5.74, 6) is 0.212. The minimum Gasteiger partial charge on any atom is -0.333 e. The van der Waals surface area contributed by atoms with E-state index in [2.05, 4.69) is 15.5 Å². The van der Waals surface area contributed by atoms with Crippen molar-refractivity contribution in [1.29, 1.82) is 0 Å². The number of carbonyl (C=O) groups excluding carboxylic acids is 1. The van der Waals surface area contributed by atoms with E-state index in [0.717, 1.165) is 16.7 Å². The van der Waals surface area contributed by atoms with Gasteiger partial charge in [0, 0.05) is 17.4 Å². The maximum absolute atomic E-state index is 12.9. The van der Waals surface area contributed by atoms with Gasteiger partial charge >= 0.3 is 0 Å². The summed E-state index contributed by atoms with van der Waals surface area (Å²) in [6.07, 6.45) is 1.56. The van der Waals surface area contributed by atoms with Crippen LogP contribution in [0.25, 0.3) is 22.8 Å². The van der Waals surface area contributed by atoms with Crippen LogP contribution in [0, 0.1) is 13.8 Å². The number of rotatable bonds is 5. The molecule has 0 bridgehead atoms. The highest BCUT2D eigenvalue weighted by Gasteiger charge is 2.16. The van der Waals surface area contributed by atoms with Crippen molar-refractivity contribution in [2.45, 2.75) is 20.4 Å². The zero-order chi connectivity index (χ0) is 21.1. The van der Waals surface area contributed by atoms with Crippen LogP contribution in [0.4, 0.5) is 5.69 Å². The molecule has 0 radical (unpaired) electrons. The number of anilines is 1. The van der Waals surface area contributed by atoms with Gasteiger partial charge in [0.2, 0.25) is 11.7 Å². The number of nitrogens with zero attached hydrogens (tertiary/aromatic N) is 3. The summed E-state index contributed by atoms with van der Waals surface area (Å²) in [7, 11) is 0. The Morgan fingerprint density at radius 3 is 2.60 bits per heavy atom. The molecule has 0 spiro atoms. The molecule has 1 amide bonds. The number of pyridine rings is 1. The molecule has 0 unspecified atom stereocenters. The summed E-state index contributed by atoms with van der Waals surface area (Å²) in [4.78, 5) is 29.6. The molecule has 0 fully saturated rings. The SMILES string of the molecule is Cc1ccc(NC(=O)Cn2cccc(-c3nc(-c4ccccc4)no3)c2=O)cc1C. The molecule has 0 aliphatic carbocycles. The summed E-state index contributed by atoms with van der Waals surface area (Å²) in [5, 5.41) is 6.77. The van der Waals surface area contributed by atoms with Gasteiger partial charge in [0.25, 0.3) is 11.4 Å². The number of amides is 1. The Morgan fingerprint density at radius 2 is 1.83 bits per heavy atom. The van der Waals surface area contributed by atoms with Crippen molar-refractivity contribution in [1.82, 2.24) is 14.7 Å². The first-order chi connectivity index (χ1) is 14.5. The molecule has 4 rings (SSSR count). The molecule has 0 saturated carbocycles. The van der Waals surface area contributed by atoms with E-state index in [1.807, 2.05) is 62.4 Å². The molecule has 2 aromatic heterocycles. The lowest BCUT2D eigenvalue weighted by Crippen LogP contribution is -2.28. The van der Waals surface area contributed by atoms with Crippen molar-refractivity contribution >= 4 is 11.6 Å². The highest BCUT2D eigenvalue weighted by atomic mass is 16.5. The van der Waals surface area contributed by atoms with E-state index in [9.17, 15) is 9.59 Å². The van der Waals surface area contributed by atoms with Crippen LogP contribution in [0.2, 0.25) is 0 Å². The largest absolute Gasteiger partial charge is 0.333 e. The highest BCUT2D eigenvalue weighted by molar-refractivity contribution is 5.90. The van der Waals surface area contributed by atoms with E-state index in [4.69, 9.17) is 4.52 Å². The Kier molecular flexibility index (Phi) is 5.26. The minimum absolute atomic E-state index is 0.114. The first kappa shape index (κ1) is 19.3. The molecular weight excluding hydrogens is 380 g/mol. The predicted molar refractivity (Wildman–Crippen MR) is 114 cm³/mol. The van der Waals surface area contributed by atoms with Gasteiger partial charge in [0.15, 0.2) is 0 Å². The van der Waals surface area contributed by atoms with Crippen LogP contribution in [0.1, 0.15) is 11.1 Å². The summed E-state index contributed by atoms with van der Waals surface area (Å²) in [5.41, 5.74) is 3.57. The molecule has 0 aliphatic rings. The molecule has 0 saturated heterocycles. The highest BCUT2D eigenvalue weighted by Crippen LogP contribution is 2.20. The Morgan fingerprint density at radius 1 is 1.03 bits per heavy atom. The van der Waals surface area contributed by atoms with Crippen LogP contribution in [-0.2, 0) is 11.3 Å². The fourth-order valence-electron chi connectivity index (χ4n) is 3.04. The Hall–Kier alpha value is -4.00. The molecule has 4 aromatic rings. The van der Waals surface area contributed by atoms with Gasteiger partial charge in [0.05, 0.1) is 0 Å². The van der Waals surface area contributed by atoms with Gasteiger partial charge in [-0.25, -0.2) is 0 Å². The molecule has 2 aromatic carbocycles. The Labute approximate surface area is 173 Å². The Bertz CT molecular complexity index is 1260. The topological polar surface area (TPSA) is 90.0 Å². The van der Waals surface area contributed by atoms with Gasteiger partial charge in [-0.1, -0.05) is 41.6 Å². The van der Waals surface area contributed by atoms with E-state index in [1.165, 1.54) is 4.57 Å². The molecule has 0 atom stereocenters. The third-order valence-electron chi connectivity index (χ3n) is 4.81. The third-order valence-corrected chi connectivity index (χ3v) is 4.81. The molecular formula is C23H20N4O3. The second-order valence-corrected chi connectivity index (χ2v) is 6.99. The van der Waals surface area contributed by atoms with Gasteiger partial charge in [-0.3, -0.25) is 9.59 Å². The number of aromatic nitrogens is 3. The molecule has 7 heteroatoms. The van der Waals surface area contributed by atoms with Crippen molar-refractivity contribution in [2.24, 2.45) is 0 Å². The van der Waals surface area contributed by atoms with Crippen molar-refractivity contribution in [3.63, 3.8) is 0 Å². The molecule has 1 N–H and O–H groups in total. The fourth-order valence-corrected chi connectivity index (χ4v) is 3.04. The number of hydrogen-bond acceptors (Lipinski definition) is 5. The average Bonchev–Trinajstić information content (AvgIpc) is 3.23. The molecule has 150 valence electrons. The second-order valence-electron chi connectivity index (χ2n) is 6.99. The predicted octanol–water partition coefficient (Wildman–Crippen LogP) is 3.82. The number of benzene rings is 2. The van der Waals surface area contributed by atoms with E-state index >= 15 is 0 Å². The summed E-state index contributed by atoms with van der Waals surface area (Å²) < 4.78 is 6.61. The molecule has 0 aliphatic heterocycles. The van der Waals surface area contributed by atoms with E-state index < -0.39 is 0 Å². The van der Waals surface area contributed by atoms with Crippen molar-refractivity contribution in [3.05, 3.63) is 88.3 Å². The molecule has 7 nitrogen and oxygen atoms in total. The number of nitrogens with one attached hydrogen (secondary N) is 1. The van der Waals surface area contributed by atoms with Gasteiger partial charge in [-0.2, -0.15) is 4.98 Å². The lowest BCUT2D eigenvalue weighted by Gasteiger charge is -2.09. The lowest BCUT2D eigenvalue weighted by atomic mass is 10.1. The van der Waals surface area contributed by atoms with Crippen LogP contribution in [0.15, 0.2) is 76.2 Å². The standard InChI is InChI=1S/C23H20N4O3/c1-15-10-11-18(13-16(15)2)24-20(28)14-27-12-6-9-19(23(27)29)22-25-21(26-30-22)17-7-4-3-5-8-17/h3-13H,14H2,1-2H3,(H,24,28). The maximum atomic E-state index is 12.9. The average molecular weight is 400 g/mol. The van der Waals surface area contributed by atoms with Gasteiger partial charge in [0.1, 0.15) is 12.1 Å². The monoisotopic (exact) mass is 400 g/mol. The molecule has 2 heterocycles. The maximum Gasteiger partial charge on any atom is 0.263 e. The van der Waals surface area contributed by atoms with E-state index in [1.54, 1.807) is 18.3 Å². The summed E-state index contributed by atoms with van der Waals surface area (Å²) >= 11 is 0. The Balaban J connectivity index is 1.55. The van der Waals surface area contributed by atoms with Crippen LogP contribution < -0.4 is 10.9 Å². The quantitative estimate of drug-likeness (QED) is 0.550. The lowest BCUT2D eigenvalue weighted by molar-refractivity contribution is -0.116. The van der Waals surface area contributed by atoms with Gasteiger partial charge < -0.3 is 14.4 Å². The van der Waals surface area contributed by atoms with E-state index in [0.29, 0.717) is 11.5 Å². The molecule has 30 heavy (non-hydrogen) atoms. The summed E-state index contributed by atoms with van der Waals surface area (Å²) in [6, 6.07) is 18.3. The number of aryl methyl sites for hydroxylation is 2. The zero-order valence-electron chi connectivity index (χ0n) is 16.6. The van der Waals surface area contributed by atoms with Crippen molar-refractivity contribution in [2.75, 3.05) is 5.32 Å². The number of carbonyl (C=O) groups is 1. The second kappa shape index (κ2) is 8.16. The normalized spacial score (nSPS) is 10.7. The van der Waals surface area contributed by atoms with Crippen LogP contribution in [-0.4, -0.2) is 20.6 Å². The first-order valence-corrected chi connectivity index (χ1v) is 9.47. The van der Waals surface area contributed by atoms with Crippen molar-refractivity contribution < 1.29 is 9.32 Å². The van der Waals surface area contributed by atoms with Crippen LogP contribution >= 0.6 is 0 Å². The summed E-state index contributed by atoms with van der Waals surface area (Å²) in [6.45, 7) is 3.86. The van der Waals surface area contributed by atoms with Gasteiger partial charge in [-0.15, -0.1) is 0 Å². The first-order valence-electron chi connectivity index (χ1n) is 9.47. The number of hydrogen-bond donors (Lipinski definition) is 1. The minimum atomic E-state index is -0.379. The van der Waals surface area contributed by atoms with Crippen LogP contribution in [0.5, 0.6) is 0 Å². The third kappa shape index (κ3) is 4.05. The van der Waals surface area contributed by atoms with Crippen molar-refractivity contribution in [3.8, 4) is 22.8 Å².